The van der Waals surface area contributed by atoms with Gasteiger partial charge in [-0.15, -0.1) is 0 Å². The van der Waals surface area contributed by atoms with Crippen molar-refractivity contribution in [3.63, 3.8) is 0 Å². The second-order valence-electron chi connectivity index (χ2n) is 3.99. The zero-order valence-electron chi connectivity index (χ0n) is 9.38. The topological polar surface area (TPSA) is 42.1 Å². The fraction of sp³-hybridized carbons (Fsp3) is 0.250. The Morgan fingerprint density at radius 2 is 2.12 bits per heavy atom. The predicted molar refractivity (Wildman–Crippen MR) is 71.6 cm³/mol. The number of ether oxygens (including phenoxy) is 1. The van der Waals surface area contributed by atoms with E-state index >= 15 is 0 Å². The van der Waals surface area contributed by atoms with Crippen molar-refractivity contribution >= 4 is 44.4 Å². The van der Waals surface area contributed by atoms with Gasteiger partial charge in [0.15, 0.2) is 0 Å². The smallest absolute Gasteiger partial charge is 0.355 e. The lowest BCUT2D eigenvalue weighted by atomic mass is 10.2. The quantitative estimate of drug-likeness (QED) is 0.846. The normalized spacial score (nSPS) is 11.1. The Balaban J connectivity index is 2.41. The monoisotopic (exact) mass is 315 g/mol. The van der Waals surface area contributed by atoms with Gasteiger partial charge in [0.2, 0.25) is 0 Å². The average Bonchev–Trinajstić information content (AvgIpc) is 2.60. The van der Waals surface area contributed by atoms with Crippen LogP contribution in [0.15, 0.2) is 22.7 Å². The van der Waals surface area contributed by atoms with E-state index in [1.807, 2.05) is 19.9 Å². The van der Waals surface area contributed by atoms with Crippen molar-refractivity contribution in [2.24, 2.45) is 0 Å². The molecule has 0 atom stereocenters. The molecule has 1 aromatic carbocycles. The van der Waals surface area contributed by atoms with E-state index in [1.54, 1.807) is 12.1 Å². The Morgan fingerprint density at radius 3 is 2.76 bits per heavy atom. The lowest BCUT2D eigenvalue weighted by Crippen LogP contribution is -2.11. The van der Waals surface area contributed by atoms with Gasteiger partial charge in [-0.3, -0.25) is 0 Å². The van der Waals surface area contributed by atoms with Crippen molar-refractivity contribution in [1.82, 2.24) is 4.98 Å². The van der Waals surface area contributed by atoms with Crippen LogP contribution in [0.2, 0.25) is 5.02 Å². The molecule has 0 unspecified atom stereocenters. The first-order valence-electron chi connectivity index (χ1n) is 5.16. The standard InChI is InChI=1S/C12H11BrClNO2/c1-6(2)17-12(16)11-4-7-3-9(14)8(13)5-10(7)15-11/h3-6,15H,1-2H3. The molecule has 0 saturated heterocycles. The molecule has 3 nitrogen and oxygen atoms in total. The van der Waals surface area contributed by atoms with Gasteiger partial charge in [-0.1, -0.05) is 11.6 Å². The number of aromatic amines is 1. The average molecular weight is 317 g/mol. The van der Waals surface area contributed by atoms with E-state index in [0.29, 0.717) is 10.7 Å². The van der Waals surface area contributed by atoms with Gasteiger partial charge in [-0.2, -0.15) is 0 Å². The maximum absolute atomic E-state index is 11.7. The van der Waals surface area contributed by atoms with Crippen molar-refractivity contribution in [2.45, 2.75) is 20.0 Å². The molecule has 1 aromatic heterocycles. The van der Waals surface area contributed by atoms with Gasteiger partial charge in [0.1, 0.15) is 5.69 Å². The van der Waals surface area contributed by atoms with E-state index in [9.17, 15) is 4.79 Å². The molecule has 17 heavy (non-hydrogen) atoms. The summed E-state index contributed by atoms with van der Waals surface area (Å²) in [6, 6.07) is 5.37. The Morgan fingerprint density at radius 1 is 1.41 bits per heavy atom. The van der Waals surface area contributed by atoms with Gasteiger partial charge in [0.25, 0.3) is 0 Å². The van der Waals surface area contributed by atoms with Crippen molar-refractivity contribution in [3.05, 3.63) is 33.4 Å². The summed E-state index contributed by atoms with van der Waals surface area (Å²) in [5.74, 6) is -0.358. The van der Waals surface area contributed by atoms with E-state index in [4.69, 9.17) is 16.3 Å². The highest BCUT2D eigenvalue weighted by Gasteiger charge is 2.13. The minimum Gasteiger partial charge on any atom is -0.458 e. The van der Waals surface area contributed by atoms with E-state index < -0.39 is 0 Å². The third-order valence-corrected chi connectivity index (χ3v) is 3.42. The molecule has 1 heterocycles. The molecule has 0 radical (unpaired) electrons. The number of hydrogen-bond acceptors (Lipinski definition) is 2. The van der Waals surface area contributed by atoms with Crippen molar-refractivity contribution in [3.8, 4) is 0 Å². The number of fused-ring (bicyclic) bond motifs is 1. The largest absolute Gasteiger partial charge is 0.458 e. The molecule has 0 aliphatic rings. The fourth-order valence-corrected chi connectivity index (χ4v) is 2.03. The number of halogens is 2. The van der Waals surface area contributed by atoms with E-state index in [1.165, 1.54) is 0 Å². The van der Waals surface area contributed by atoms with Crippen LogP contribution < -0.4 is 0 Å². The summed E-state index contributed by atoms with van der Waals surface area (Å²) >= 11 is 9.32. The summed E-state index contributed by atoms with van der Waals surface area (Å²) in [5, 5.41) is 1.49. The number of H-pyrrole nitrogens is 1. The third kappa shape index (κ3) is 2.64. The molecular weight excluding hydrogens is 305 g/mol. The van der Waals surface area contributed by atoms with Crippen LogP contribution in [-0.2, 0) is 4.74 Å². The van der Waals surface area contributed by atoms with Gasteiger partial charge < -0.3 is 9.72 Å². The fourth-order valence-electron chi connectivity index (χ4n) is 1.51. The van der Waals surface area contributed by atoms with E-state index in [2.05, 4.69) is 20.9 Å². The first-order chi connectivity index (χ1) is 7.97. The van der Waals surface area contributed by atoms with Crippen LogP contribution in [0.4, 0.5) is 0 Å². The predicted octanol–water partition coefficient (Wildman–Crippen LogP) is 4.15. The zero-order chi connectivity index (χ0) is 12.6. The second-order valence-corrected chi connectivity index (χ2v) is 5.25. The zero-order valence-corrected chi connectivity index (χ0v) is 11.7. The Kier molecular flexibility index (Phi) is 3.45. The Bertz CT molecular complexity index is 538. The minimum absolute atomic E-state index is 0.135. The van der Waals surface area contributed by atoms with Crippen LogP contribution in [0.3, 0.4) is 0 Å². The summed E-state index contributed by atoms with van der Waals surface area (Å²) in [4.78, 5) is 14.7. The number of nitrogens with one attached hydrogen (secondary N) is 1. The van der Waals surface area contributed by atoms with Crippen LogP contribution in [0.1, 0.15) is 24.3 Å². The van der Waals surface area contributed by atoms with Crippen molar-refractivity contribution < 1.29 is 9.53 Å². The van der Waals surface area contributed by atoms with Crippen LogP contribution >= 0.6 is 27.5 Å². The number of carbonyl (C=O) groups excluding carboxylic acids is 1. The molecule has 1 N–H and O–H groups in total. The van der Waals surface area contributed by atoms with E-state index in [-0.39, 0.29) is 12.1 Å². The number of aromatic nitrogens is 1. The van der Waals surface area contributed by atoms with Crippen LogP contribution in [-0.4, -0.2) is 17.1 Å². The lowest BCUT2D eigenvalue weighted by Gasteiger charge is -2.05. The number of esters is 1. The first kappa shape index (κ1) is 12.5. The molecule has 2 aromatic rings. The lowest BCUT2D eigenvalue weighted by molar-refractivity contribution is 0.0372. The highest BCUT2D eigenvalue weighted by atomic mass is 79.9. The number of carbonyl (C=O) groups is 1. The van der Waals surface area contributed by atoms with Gasteiger partial charge in [-0.25, -0.2) is 4.79 Å². The van der Waals surface area contributed by atoms with E-state index in [0.717, 1.165) is 15.4 Å². The summed E-state index contributed by atoms with van der Waals surface area (Å²) in [5.41, 5.74) is 1.28. The number of benzene rings is 1. The summed E-state index contributed by atoms with van der Waals surface area (Å²) in [6.07, 6.45) is -0.135. The first-order valence-corrected chi connectivity index (χ1v) is 6.33. The summed E-state index contributed by atoms with van der Waals surface area (Å²) in [7, 11) is 0. The molecule has 0 aliphatic heterocycles. The van der Waals surface area contributed by atoms with Gasteiger partial charge >= 0.3 is 5.97 Å². The summed E-state index contributed by atoms with van der Waals surface area (Å²) < 4.78 is 5.90. The minimum atomic E-state index is -0.358. The summed E-state index contributed by atoms with van der Waals surface area (Å²) in [6.45, 7) is 3.63. The SMILES string of the molecule is CC(C)OC(=O)c1cc2cc(Cl)c(Br)cc2[nH]1. The molecule has 0 spiro atoms. The molecule has 0 amide bonds. The van der Waals surface area contributed by atoms with Gasteiger partial charge in [0.05, 0.1) is 11.1 Å². The molecule has 0 fully saturated rings. The van der Waals surface area contributed by atoms with Crippen molar-refractivity contribution in [1.29, 1.82) is 0 Å². The molecule has 0 saturated carbocycles. The van der Waals surface area contributed by atoms with Crippen LogP contribution in [0.25, 0.3) is 10.9 Å². The molecule has 2 rings (SSSR count). The number of rotatable bonds is 2. The highest BCUT2D eigenvalue weighted by molar-refractivity contribution is 9.10. The highest BCUT2D eigenvalue weighted by Crippen LogP contribution is 2.28. The Hall–Kier alpha value is -1.00. The molecule has 0 aliphatic carbocycles. The van der Waals surface area contributed by atoms with Crippen LogP contribution in [0, 0.1) is 0 Å². The molecule has 90 valence electrons. The maximum atomic E-state index is 11.7. The third-order valence-electron chi connectivity index (χ3n) is 2.22. The molecule has 5 heteroatoms. The second kappa shape index (κ2) is 4.70. The van der Waals surface area contributed by atoms with Crippen LogP contribution in [0.5, 0.6) is 0 Å². The molecule has 0 bridgehead atoms. The number of hydrogen-bond donors (Lipinski definition) is 1. The van der Waals surface area contributed by atoms with Crippen molar-refractivity contribution in [2.75, 3.05) is 0 Å². The Labute approximate surface area is 112 Å². The maximum Gasteiger partial charge on any atom is 0.355 e. The van der Waals surface area contributed by atoms with Gasteiger partial charge in [0, 0.05) is 15.4 Å². The molecular formula is C12H11BrClNO2. The van der Waals surface area contributed by atoms with Gasteiger partial charge in [-0.05, 0) is 48.0 Å².